The van der Waals surface area contributed by atoms with Crippen LogP contribution >= 0.6 is 0 Å². The van der Waals surface area contributed by atoms with Crippen molar-refractivity contribution in [1.29, 1.82) is 0 Å². The van der Waals surface area contributed by atoms with Gasteiger partial charge in [0.05, 0.1) is 36.3 Å². The second kappa shape index (κ2) is 6.68. The average molecular weight is 354 g/mol. The second-order valence-electron chi connectivity index (χ2n) is 6.17. The molecule has 2 aromatic heterocycles. The van der Waals surface area contributed by atoms with Gasteiger partial charge < -0.3 is 14.1 Å². The van der Waals surface area contributed by atoms with E-state index in [0.717, 1.165) is 0 Å². The van der Waals surface area contributed by atoms with Gasteiger partial charge in [-0.15, -0.1) is 15.3 Å². The molecule has 26 heavy (non-hydrogen) atoms. The van der Waals surface area contributed by atoms with Gasteiger partial charge in [0.15, 0.2) is 6.10 Å². The van der Waals surface area contributed by atoms with Crippen molar-refractivity contribution in [3.63, 3.8) is 0 Å². The topological polar surface area (TPSA) is 99.2 Å². The number of para-hydroxylation sites is 1. The van der Waals surface area contributed by atoms with Crippen LogP contribution in [0.2, 0.25) is 0 Å². The molecule has 2 atom stereocenters. The van der Waals surface area contributed by atoms with Gasteiger partial charge >= 0.3 is 0 Å². The molecule has 0 unspecified atom stereocenters. The predicted molar refractivity (Wildman–Crippen MR) is 89.6 cm³/mol. The van der Waals surface area contributed by atoms with Crippen LogP contribution < -0.4 is 0 Å². The van der Waals surface area contributed by atoms with E-state index in [2.05, 4.69) is 20.5 Å². The Labute approximate surface area is 149 Å². The Morgan fingerprint density at radius 3 is 2.81 bits per heavy atom. The van der Waals surface area contributed by atoms with Gasteiger partial charge in [-0.1, -0.05) is 17.3 Å². The summed E-state index contributed by atoms with van der Waals surface area (Å²) in [6.07, 6.45) is 2.69. The minimum atomic E-state index is -0.442. The molecule has 0 N–H and O–H groups in total. The number of hydrogen-bond acceptors (Lipinski definition) is 7. The van der Waals surface area contributed by atoms with Crippen molar-refractivity contribution >= 4 is 5.91 Å². The Bertz CT molecular complexity index is 907. The highest BCUT2D eigenvalue weighted by molar-refractivity contribution is 5.97. The highest BCUT2D eigenvalue weighted by Gasteiger charge is 2.33. The molecule has 3 heterocycles. The number of carbonyl (C=O) groups excluding carboxylic acids is 1. The summed E-state index contributed by atoms with van der Waals surface area (Å²) in [5.74, 6) is 0.750. The van der Waals surface area contributed by atoms with E-state index >= 15 is 0 Å². The minimum Gasteiger partial charge on any atom is -0.423 e. The Morgan fingerprint density at radius 1 is 1.23 bits per heavy atom. The van der Waals surface area contributed by atoms with Crippen LogP contribution in [0, 0.1) is 6.92 Å². The number of carbonyl (C=O) groups is 1. The molecular weight excluding hydrogens is 336 g/mol. The lowest BCUT2D eigenvalue weighted by molar-refractivity contribution is -0.0796. The Kier molecular flexibility index (Phi) is 4.21. The first kappa shape index (κ1) is 16.4. The molecule has 1 aliphatic rings. The molecule has 1 aromatic carbocycles. The zero-order chi connectivity index (χ0) is 18.1. The first-order valence-electron chi connectivity index (χ1n) is 8.32. The van der Waals surface area contributed by atoms with Crippen LogP contribution in [0.25, 0.3) is 5.69 Å². The van der Waals surface area contributed by atoms with Gasteiger partial charge in [0.2, 0.25) is 11.8 Å². The Balaban J connectivity index is 1.62. The van der Waals surface area contributed by atoms with Gasteiger partial charge in [0.25, 0.3) is 5.91 Å². The molecule has 1 fully saturated rings. The van der Waals surface area contributed by atoms with Crippen LogP contribution in [0.4, 0.5) is 0 Å². The normalized spacial score (nSPS) is 20.3. The maximum atomic E-state index is 13.2. The number of hydrogen-bond donors (Lipinski definition) is 0. The number of ether oxygens (including phenoxy) is 1. The quantitative estimate of drug-likeness (QED) is 0.704. The molecule has 4 rings (SSSR count). The Morgan fingerprint density at radius 2 is 2.08 bits per heavy atom. The SMILES string of the molecule is Cc1nnc([C@H]2CN(C(=O)c3ccccc3-n3ccnn3)C[C@@H](C)O2)o1. The third-order valence-corrected chi connectivity index (χ3v) is 4.17. The van der Waals surface area contributed by atoms with E-state index in [-0.39, 0.29) is 12.0 Å². The number of nitrogens with zero attached hydrogens (tertiary/aromatic N) is 6. The fourth-order valence-corrected chi connectivity index (χ4v) is 3.06. The molecule has 3 aromatic rings. The van der Waals surface area contributed by atoms with Crippen molar-refractivity contribution in [2.45, 2.75) is 26.1 Å². The maximum Gasteiger partial charge on any atom is 0.256 e. The number of rotatable bonds is 3. The van der Waals surface area contributed by atoms with Crippen LogP contribution in [0.5, 0.6) is 0 Å². The third-order valence-electron chi connectivity index (χ3n) is 4.17. The number of aryl methyl sites for hydroxylation is 1. The van der Waals surface area contributed by atoms with Gasteiger partial charge in [-0.2, -0.15) is 0 Å². The van der Waals surface area contributed by atoms with Crippen LogP contribution in [0.15, 0.2) is 41.1 Å². The van der Waals surface area contributed by atoms with E-state index in [9.17, 15) is 4.79 Å². The first-order valence-corrected chi connectivity index (χ1v) is 8.32. The van der Waals surface area contributed by atoms with Crippen molar-refractivity contribution in [2.24, 2.45) is 0 Å². The van der Waals surface area contributed by atoms with Crippen molar-refractivity contribution in [3.05, 3.63) is 54.0 Å². The lowest BCUT2D eigenvalue weighted by Gasteiger charge is -2.35. The molecule has 1 saturated heterocycles. The van der Waals surface area contributed by atoms with E-state index in [0.29, 0.717) is 36.1 Å². The van der Waals surface area contributed by atoms with E-state index in [1.807, 2.05) is 25.1 Å². The van der Waals surface area contributed by atoms with Gasteiger partial charge in [-0.05, 0) is 19.1 Å². The summed E-state index contributed by atoms with van der Waals surface area (Å²) >= 11 is 0. The smallest absolute Gasteiger partial charge is 0.256 e. The second-order valence-corrected chi connectivity index (χ2v) is 6.17. The molecule has 0 aliphatic carbocycles. The zero-order valence-electron chi connectivity index (χ0n) is 14.4. The summed E-state index contributed by atoms with van der Waals surface area (Å²) in [7, 11) is 0. The van der Waals surface area contributed by atoms with Crippen LogP contribution in [-0.4, -0.2) is 55.2 Å². The van der Waals surface area contributed by atoms with Gasteiger partial charge in [-0.3, -0.25) is 4.79 Å². The van der Waals surface area contributed by atoms with Crippen molar-refractivity contribution in [1.82, 2.24) is 30.1 Å². The van der Waals surface area contributed by atoms with Crippen LogP contribution in [0.1, 0.15) is 35.2 Å². The number of morpholine rings is 1. The lowest BCUT2D eigenvalue weighted by Crippen LogP contribution is -2.46. The maximum absolute atomic E-state index is 13.2. The minimum absolute atomic E-state index is 0.104. The van der Waals surface area contributed by atoms with E-state index < -0.39 is 6.10 Å². The van der Waals surface area contributed by atoms with E-state index in [4.69, 9.17) is 9.15 Å². The number of benzene rings is 1. The third kappa shape index (κ3) is 3.08. The molecule has 1 amide bonds. The summed E-state index contributed by atoms with van der Waals surface area (Å²) in [6, 6.07) is 7.31. The van der Waals surface area contributed by atoms with Crippen LogP contribution in [0.3, 0.4) is 0 Å². The van der Waals surface area contributed by atoms with Crippen LogP contribution in [-0.2, 0) is 4.74 Å². The lowest BCUT2D eigenvalue weighted by atomic mass is 10.1. The first-order chi connectivity index (χ1) is 12.6. The summed E-state index contributed by atoms with van der Waals surface area (Å²) < 4.78 is 12.9. The van der Waals surface area contributed by atoms with Crippen molar-refractivity contribution in [3.8, 4) is 5.69 Å². The molecular formula is C17H18N6O3. The van der Waals surface area contributed by atoms with Crippen molar-refractivity contribution < 1.29 is 13.9 Å². The fraction of sp³-hybridized carbons (Fsp3) is 0.353. The molecule has 0 saturated carbocycles. The fourth-order valence-electron chi connectivity index (χ4n) is 3.06. The van der Waals surface area contributed by atoms with Gasteiger partial charge in [-0.25, -0.2) is 4.68 Å². The molecule has 0 radical (unpaired) electrons. The molecule has 0 bridgehead atoms. The van der Waals surface area contributed by atoms with E-state index in [1.165, 1.54) is 0 Å². The number of amides is 1. The summed E-state index contributed by atoms with van der Waals surface area (Å²) in [5, 5.41) is 15.7. The summed E-state index contributed by atoms with van der Waals surface area (Å²) in [6.45, 7) is 4.46. The highest BCUT2D eigenvalue weighted by atomic mass is 16.5. The zero-order valence-corrected chi connectivity index (χ0v) is 14.4. The highest BCUT2D eigenvalue weighted by Crippen LogP contribution is 2.26. The molecule has 0 spiro atoms. The molecule has 134 valence electrons. The predicted octanol–water partition coefficient (Wildman–Crippen LogP) is 1.56. The molecule has 9 nitrogen and oxygen atoms in total. The number of aromatic nitrogens is 5. The van der Waals surface area contributed by atoms with Crippen molar-refractivity contribution in [2.75, 3.05) is 13.1 Å². The average Bonchev–Trinajstić information content (AvgIpc) is 3.32. The largest absolute Gasteiger partial charge is 0.423 e. The van der Waals surface area contributed by atoms with E-state index in [1.54, 1.807) is 35.0 Å². The van der Waals surface area contributed by atoms with Gasteiger partial charge in [0.1, 0.15) is 0 Å². The Hall–Kier alpha value is -3.07. The summed E-state index contributed by atoms with van der Waals surface area (Å²) in [5.41, 5.74) is 1.23. The monoisotopic (exact) mass is 354 g/mol. The summed E-state index contributed by atoms with van der Waals surface area (Å²) in [4.78, 5) is 14.9. The molecule has 1 aliphatic heterocycles. The molecule has 9 heteroatoms. The van der Waals surface area contributed by atoms with Gasteiger partial charge in [0, 0.05) is 13.5 Å². The standard InChI is InChI=1S/C17H18N6O3/c1-11-9-22(10-15(25-11)16-20-19-12(2)26-16)17(24)13-5-3-4-6-14(13)23-8-7-18-21-23/h3-8,11,15H,9-10H2,1-2H3/t11-,15-/m1/s1.